The lowest BCUT2D eigenvalue weighted by atomic mass is 10.3. The fourth-order valence-corrected chi connectivity index (χ4v) is 1.11. The van der Waals surface area contributed by atoms with Gasteiger partial charge in [0.2, 0.25) is 0 Å². The molecule has 70 valence electrons. The van der Waals surface area contributed by atoms with Crippen LogP contribution in [0.5, 0.6) is 0 Å². The summed E-state index contributed by atoms with van der Waals surface area (Å²) < 4.78 is 0. The van der Waals surface area contributed by atoms with Crippen LogP contribution in [0.25, 0.3) is 5.69 Å². The first-order valence-corrected chi connectivity index (χ1v) is 3.95. The Morgan fingerprint density at radius 1 is 1.29 bits per heavy atom. The zero-order valence-electron chi connectivity index (χ0n) is 7.25. The molecule has 2 aromatic heterocycles. The minimum Gasteiger partial charge on any atom is -0.382 e. The molecule has 0 fully saturated rings. The highest BCUT2D eigenvalue weighted by Gasteiger charge is 2.08. The lowest BCUT2D eigenvalue weighted by Gasteiger charge is -2.04. The van der Waals surface area contributed by atoms with Gasteiger partial charge in [0.15, 0.2) is 0 Å². The molecule has 0 aromatic carbocycles. The number of nitrogens with one attached hydrogen (secondary N) is 1. The molecule has 0 unspecified atom stereocenters. The average molecular weight is 188 g/mol. The zero-order valence-corrected chi connectivity index (χ0v) is 7.25. The highest BCUT2D eigenvalue weighted by molar-refractivity contribution is 5.96. The summed E-state index contributed by atoms with van der Waals surface area (Å²) >= 11 is 0. The van der Waals surface area contributed by atoms with Crippen molar-refractivity contribution < 1.29 is 0 Å². The molecule has 0 saturated heterocycles. The number of hydrogen-bond donors (Lipinski definition) is 2. The number of nitrogens with two attached hydrogens (primary N) is 1. The quantitative estimate of drug-likeness (QED) is 0.510. The van der Waals surface area contributed by atoms with E-state index >= 15 is 0 Å². The first kappa shape index (κ1) is 8.36. The van der Waals surface area contributed by atoms with E-state index in [-0.39, 0.29) is 5.84 Å². The highest BCUT2D eigenvalue weighted by atomic mass is 15.5. The summed E-state index contributed by atoms with van der Waals surface area (Å²) in [5, 5.41) is 15.2. The largest absolute Gasteiger partial charge is 0.382 e. The maximum atomic E-state index is 7.33. The predicted molar refractivity (Wildman–Crippen MR) is 50.2 cm³/mol. The molecule has 0 aliphatic heterocycles. The van der Waals surface area contributed by atoms with E-state index in [1.165, 1.54) is 4.80 Å². The Kier molecular flexibility index (Phi) is 1.94. The van der Waals surface area contributed by atoms with Crippen LogP contribution in [0.2, 0.25) is 0 Å². The summed E-state index contributed by atoms with van der Waals surface area (Å²) in [6.07, 6.45) is 4.68. The van der Waals surface area contributed by atoms with Gasteiger partial charge in [0.1, 0.15) is 17.2 Å². The Hall–Kier alpha value is -2.24. The number of nitrogens with zero attached hydrogens (tertiary/aromatic N) is 4. The molecule has 14 heavy (non-hydrogen) atoms. The van der Waals surface area contributed by atoms with Crippen LogP contribution >= 0.6 is 0 Å². The highest BCUT2D eigenvalue weighted by Crippen LogP contribution is 2.07. The predicted octanol–water partition coefficient (Wildman–Crippen LogP) is -0.0536. The summed E-state index contributed by atoms with van der Waals surface area (Å²) in [4.78, 5) is 5.36. The molecule has 0 amide bonds. The number of aromatic nitrogens is 4. The number of rotatable bonds is 2. The molecule has 6 heteroatoms. The lowest BCUT2D eigenvalue weighted by Crippen LogP contribution is -2.17. The van der Waals surface area contributed by atoms with Crippen LogP contribution in [0.1, 0.15) is 5.69 Å². The van der Waals surface area contributed by atoms with Gasteiger partial charge < -0.3 is 5.73 Å². The van der Waals surface area contributed by atoms with Gasteiger partial charge in [0.25, 0.3) is 0 Å². The fourth-order valence-electron chi connectivity index (χ4n) is 1.11. The summed E-state index contributed by atoms with van der Waals surface area (Å²) in [6, 6.07) is 3.49. The normalized spacial score (nSPS) is 10.0. The van der Waals surface area contributed by atoms with Crippen LogP contribution in [-0.2, 0) is 0 Å². The molecular weight excluding hydrogens is 180 g/mol. The van der Waals surface area contributed by atoms with Crippen molar-refractivity contribution in [2.75, 3.05) is 0 Å². The third-order valence-corrected chi connectivity index (χ3v) is 1.68. The minimum atomic E-state index is -0.0992. The molecule has 0 spiro atoms. The van der Waals surface area contributed by atoms with Gasteiger partial charge in [-0.1, -0.05) is 0 Å². The standard InChI is InChI=1S/C8H8N6/c9-8(10)7-6(2-1-3-11-7)14-12-4-5-13-14/h1-5H,(H3,9,10). The number of hydrogen-bond acceptors (Lipinski definition) is 4. The van der Waals surface area contributed by atoms with Gasteiger partial charge in [-0.05, 0) is 12.1 Å². The smallest absolute Gasteiger partial charge is 0.144 e. The van der Waals surface area contributed by atoms with Crippen molar-refractivity contribution in [1.29, 1.82) is 5.41 Å². The molecule has 0 aliphatic rings. The minimum absolute atomic E-state index is 0.0992. The van der Waals surface area contributed by atoms with Gasteiger partial charge in [-0.15, -0.1) is 4.80 Å². The number of pyridine rings is 1. The molecule has 0 bridgehead atoms. The third-order valence-electron chi connectivity index (χ3n) is 1.68. The molecule has 2 aromatic rings. The van der Waals surface area contributed by atoms with Crippen molar-refractivity contribution in [2.24, 2.45) is 5.73 Å². The summed E-state index contributed by atoms with van der Waals surface area (Å²) in [5.74, 6) is -0.0992. The van der Waals surface area contributed by atoms with E-state index < -0.39 is 0 Å². The van der Waals surface area contributed by atoms with E-state index in [0.29, 0.717) is 11.4 Å². The maximum absolute atomic E-state index is 7.33. The molecule has 0 aliphatic carbocycles. The van der Waals surface area contributed by atoms with Crippen LogP contribution in [0.4, 0.5) is 0 Å². The summed E-state index contributed by atoms with van der Waals surface area (Å²) in [5.41, 5.74) is 6.35. The molecule has 0 atom stereocenters. The Bertz CT molecular complexity index is 447. The molecule has 3 N–H and O–H groups in total. The summed E-state index contributed by atoms with van der Waals surface area (Å²) in [6.45, 7) is 0. The van der Waals surface area contributed by atoms with Gasteiger partial charge in [-0.25, -0.2) is 0 Å². The lowest BCUT2D eigenvalue weighted by molar-refractivity contribution is 0.746. The average Bonchev–Trinajstić information content (AvgIpc) is 2.70. The maximum Gasteiger partial charge on any atom is 0.144 e. The topological polar surface area (TPSA) is 93.5 Å². The molecule has 0 radical (unpaired) electrons. The Balaban J connectivity index is 2.58. The van der Waals surface area contributed by atoms with Crippen LogP contribution in [0.3, 0.4) is 0 Å². The van der Waals surface area contributed by atoms with Crippen molar-refractivity contribution in [3.63, 3.8) is 0 Å². The van der Waals surface area contributed by atoms with E-state index in [1.807, 2.05) is 0 Å². The third kappa shape index (κ3) is 1.33. The van der Waals surface area contributed by atoms with Crippen LogP contribution < -0.4 is 5.73 Å². The molecule has 6 nitrogen and oxygen atoms in total. The van der Waals surface area contributed by atoms with Gasteiger partial charge in [-0.3, -0.25) is 10.4 Å². The zero-order chi connectivity index (χ0) is 9.97. The number of nitrogen functional groups attached to an aromatic ring is 1. The van der Waals surface area contributed by atoms with Crippen molar-refractivity contribution >= 4 is 5.84 Å². The van der Waals surface area contributed by atoms with Gasteiger partial charge in [0, 0.05) is 6.20 Å². The molecule has 2 heterocycles. The molecule has 0 saturated carbocycles. The fraction of sp³-hybridized carbons (Fsp3) is 0. The van der Waals surface area contributed by atoms with E-state index in [0.717, 1.165) is 0 Å². The first-order valence-electron chi connectivity index (χ1n) is 3.95. The van der Waals surface area contributed by atoms with Crippen LogP contribution in [0, 0.1) is 5.41 Å². The van der Waals surface area contributed by atoms with Crippen molar-refractivity contribution in [1.82, 2.24) is 20.0 Å². The van der Waals surface area contributed by atoms with Crippen molar-refractivity contribution in [2.45, 2.75) is 0 Å². The first-order chi connectivity index (χ1) is 6.79. The second-order valence-electron chi connectivity index (χ2n) is 2.60. The van der Waals surface area contributed by atoms with E-state index in [2.05, 4.69) is 15.2 Å². The van der Waals surface area contributed by atoms with E-state index in [4.69, 9.17) is 11.1 Å². The Labute approximate surface area is 79.9 Å². The Morgan fingerprint density at radius 2 is 2.00 bits per heavy atom. The van der Waals surface area contributed by atoms with Gasteiger partial charge in [-0.2, -0.15) is 10.2 Å². The van der Waals surface area contributed by atoms with Crippen molar-refractivity contribution in [3.05, 3.63) is 36.4 Å². The van der Waals surface area contributed by atoms with Gasteiger partial charge in [0.05, 0.1) is 12.4 Å². The second-order valence-corrected chi connectivity index (χ2v) is 2.60. The second kappa shape index (κ2) is 3.25. The van der Waals surface area contributed by atoms with Crippen molar-refractivity contribution in [3.8, 4) is 5.69 Å². The summed E-state index contributed by atoms with van der Waals surface area (Å²) in [7, 11) is 0. The Morgan fingerprint density at radius 3 is 2.64 bits per heavy atom. The SMILES string of the molecule is N=C(N)c1ncccc1-n1nccn1. The molecule has 2 rings (SSSR count). The van der Waals surface area contributed by atoms with Crippen LogP contribution in [-0.4, -0.2) is 25.8 Å². The van der Waals surface area contributed by atoms with E-state index in [1.54, 1.807) is 30.7 Å². The van der Waals surface area contributed by atoms with Gasteiger partial charge >= 0.3 is 0 Å². The van der Waals surface area contributed by atoms with E-state index in [9.17, 15) is 0 Å². The number of amidine groups is 1. The van der Waals surface area contributed by atoms with Crippen LogP contribution in [0.15, 0.2) is 30.7 Å². The molecular formula is C8H8N6. The monoisotopic (exact) mass is 188 g/mol.